The Bertz CT molecular complexity index is 912. The molecule has 0 aliphatic carbocycles. The quantitative estimate of drug-likeness (QED) is 0.567. The molecule has 0 fully saturated rings. The molecule has 8 heteroatoms. The van der Waals surface area contributed by atoms with Gasteiger partial charge in [0.15, 0.2) is 0 Å². The summed E-state index contributed by atoms with van der Waals surface area (Å²) >= 11 is 3.25. The first-order valence-electron chi connectivity index (χ1n) is 6.79. The van der Waals surface area contributed by atoms with Gasteiger partial charge in [-0.3, -0.25) is 0 Å². The van der Waals surface area contributed by atoms with Gasteiger partial charge in [-0.15, -0.1) is 21.5 Å². The lowest BCUT2D eigenvalue weighted by Gasteiger charge is -1.95. The van der Waals surface area contributed by atoms with E-state index >= 15 is 0 Å². The van der Waals surface area contributed by atoms with Gasteiger partial charge in [-0.1, -0.05) is 0 Å². The maximum atomic E-state index is 12.9. The first kappa shape index (κ1) is 14.2. The van der Waals surface area contributed by atoms with Gasteiger partial charge in [0.1, 0.15) is 17.4 Å². The van der Waals surface area contributed by atoms with Gasteiger partial charge >= 0.3 is 0 Å². The first-order valence-corrected chi connectivity index (χ1v) is 8.61. The van der Waals surface area contributed by atoms with Crippen LogP contribution in [0.3, 0.4) is 0 Å². The number of rotatable bonds is 4. The molecule has 0 aliphatic heterocycles. The Kier molecular flexibility index (Phi) is 3.68. The van der Waals surface area contributed by atoms with Crippen molar-refractivity contribution in [2.24, 2.45) is 0 Å². The molecule has 0 unspecified atom stereocenters. The van der Waals surface area contributed by atoms with Crippen molar-refractivity contribution in [3.05, 3.63) is 58.0 Å². The molecule has 0 radical (unpaired) electrons. The summed E-state index contributed by atoms with van der Waals surface area (Å²) in [4.78, 5) is 6.08. The van der Waals surface area contributed by atoms with Gasteiger partial charge < -0.3 is 0 Å². The van der Waals surface area contributed by atoms with E-state index in [2.05, 4.69) is 25.8 Å². The van der Waals surface area contributed by atoms with Crippen molar-refractivity contribution in [3.63, 3.8) is 0 Å². The molecular weight excluding hydrogens is 333 g/mol. The zero-order valence-electron chi connectivity index (χ0n) is 11.8. The van der Waals surface area contributed by atoms with Crippen LogP contribution >= 0.6 is 22.7 Å². The summed E-state index contributed by atoms with van der Waals surface area (Å²) in [5.41, 5.74) is 2.75. The number of aromatic nitrogens is 5. The fraction of sp³-hybridized carbons (Fsp3) is 0.0667. The molecule has 4 aromatic rings. The van der Waals surface area contributed by atoms with Crippen LogP contribution in [-0.2, 0) is 6.54 Å². The van der Waals surface area contributed by atoms with E-state index in [-0.39, 0.29) is 5.82 Å². The van der Waals surface area contributed by atoms with E-state index in [0.29, 0.717) is 12.4 Å². The minimum Gasteiger partial charge on any atom is -0.239 e. The van der Waals surface area contributed by atoms with Gasteiger partial charge in [-0.2, -0.15) is 16.1 Å². The number of hydrogen-bond acceptors (Lipinski definition) is 6. The topological polar surface area (TPSA) is 56.5 Å². The van der Waals surface area contributed by atoms with Crippen LogP contribution in [0, 0.1) is 5.82 Å². The summed E-state index contributed by atoms with van der Waals surface area (Å²) in [6, 6.07) is 8.07. The SMILES string of the molecule is Fc1ccc(-c2nnn(Cc3csc(-c4ccsc4)n3)n2)cc1. The highest BCUT2D eigenvalue weighted by Gasteiger charge is 2.09. The average molecular weight is 343 g/mol. The van der Waals surface area contributed by atoms with Crippen LogP contribution in [0.2, 0.25) is 0 Å². The fourth-order valence-corrected chi connectivity index (χ4v) is 3.59. The Hall–Kier alpha value is -2.45. The van der Waals surface area contributed by atoms with Crippen LogP contribution < -0.4 is 0 Å². The second kappa shape index (κ2) is 5.98. The van der Waals surface area contributed by atoms with Crippen molar-refractivity contribution in [3.8, 4) is 22.0 Å². The maximum absolute atomic E-state index is 12.9. The van der Waals surface area contributed by atoms with Crippen molar-refractivity contribution < 1.29 is 4.39 Å². The molecule has 23 heavy (non-hydrogen) atoms. The number of halogens is 1. The molecule has 0 saturated heterocycles. The molecular formula is C15H10FN5S2. The van der Waals surface area contributed by atoms with Gasteiger partial charge in [0.05, 0.1) is 5.69 Å². The van der Waals surface area contributed by atoms with E-state index in [1.165, 1.54) is 16.9 Å². The zero-order chi connectivity index (χ0) is 15.6. The highest BCUT2D eigenvalue weighted by molar-refractivity contribution is 7.14. The molecule has 4 rings (SSSR count). The predicted octanol–water partition coefficient (Wildman–Crippen LogP) is 3.71. The Balaban J connectivity index is 1.53. The van der Waals surface area contributed by atoms with Crippen LogP contribution in [0.15, 0.2) is 46.5 Å². The minimum atomic E-state index is -0.287. The fourth-order valence-electron chi connectivity index (χ4n) is 2.07. The summed E-state index contributed by atoms with van der Waals surface area (Å²) in [6.45, 7) is 0.453. The van der Waals surface area contributed by atoms with Crippen LogP contribution in [0.1, 0.15) is 5.69 Å². The number of nitrogens with zero attached hydrogens (tertiary/aromatic N) is 5. The summed E-state index contributed by atoms with van der Waals surface area (Å²) in [5, 5.41) is 19.4. The van der Waals surface area contributed by atoms with E-state index in [1.807, 2.05) is 16.8 Å². The molecule has 0 spiro atoms. The number of hydrogen-bond donors (Lipinski definition) is 0. The zero-order valence-corrected chi connectivity index (χ0v) is 13.4. The van der Waals surface area contributed by atoms with Gasteiger partial charge in [0, 0.05) is 21.9 Å². The molecule has 0 amide bonds. The van der Waals surface area contributed by atoms with Gasteiger partial charge in [-0.25, -0.2) is 9.37 Å². The third-order valence-electron chi connectivity index (χ3n) is 3.18. The highest BCUT2D eigenvalue weighted by atomic mass is 32.1. The van der Waals surface area contributed by atoms with Gasteiger partial charge in [0.2, 0.25) is 5.82 Å². The van der Waals surface area contributed by atoms with Crippen molar-refractivity contribution in [1.82, 2.24) is 25.2 Å². The second-order valence-corrected chi connectivity index (χ2v) is 6.44. The molecule has 114 valence electrons. The largest absolute Gasteiger partial charge is 0.239 e. The molecule has 0 bridgehead atoms. The Morgan fingerprint density at radius 1 is 1.04 bits per heavy atom. The van der Waals surface area contributed by atoms with Crippen LogP contribution in [0.25, 0.3) is 22.0 Å². The predicted molar refractivity (Wildman–Crippen MR) is 87.7 cm³/mol. The Labute approximate surface area is 139 Å². The van der Waals surface area contributed by atoms with Gasteiger partial charge in [-0.05, 0) is 40.9 Å². The minimum absolute atomic E-state index is 0.287. The molecule has 5 nitrogen and oxygen atoms in total. The summed E-state index contributed by atoms with van der Waals surface area (Å²) in [7, 11) is 0. The van der Waals surface area contributed by atoms with Crippen LogP contribution in [0.5, 0.6) is 0 Å². The third-order valence-corrected chi connectivity index (χ3v) is 4.80. The Morgan fingerprint density at radius 3 is 2.70 bits per heavy atom. The van der Waals surface area contributed by atoms with E-state index in [0.717, 1.165) is 21.8 Å². The van der Waals surface area contributed by atoms with E-state index < -0.39 is 0 Å². The smallest absolute Gasteiger partial charge is 0.204 e. The lowest BCUT2D eigenvalue weighted by molar-refractivity contribution is 0.566. The van der Waals surface area contributed by atoms with Crippen LogP contribution in [0.4, 0.5) is 4.39 Å². The number of thiophene rings is 1. The lowest BCUT2D eigenvalue weighted by Crippen LogP contribution is -2.04. The molecule has 0 N–H and O–H groups in total. The monoisotopic (exact) mass is 343 g/mol. The molecule has 0 saturated carbocycles. The van der Waals surface area contributed by atoms with E-state index in [9.17, 15) is 4.39 Å². The van der Waals surface area contributed by atoms with Crippen molar-refractivity contribution in [2.75, 3.05) is 0 Å². The number of benzene rings is 1. The summed E-state index contributed by atoms with van der Waals surface area (Å²) in [6.07, 6.45) is 0. The molecule has 3 heterocycles. The average Bonchev–Trinajstić information content (AvgIpc) is 3.29. The number of thiazole rings is 1. The van der Waals surface area contributed by atoms with Gasteiger partial charge in [0.25, 0.3) is 0 Å². The molecule has 0 aliphatic rings. The van der Waals surface area contributed by atoms with E-state index in [1.54, 1.807) is 34.8 Å². The molecule has 0 atom stereocenters. The van der Waals surface area contributed by atoms with Crippen molar-refractivity contribution in [2.45, 2.75) is 6.54 Å². The highest BCUT2D eigenvalue weighted by Crippen LogP contribution is 2.25. The second-order valence-electron chi connectivity index (χ2n) is 4.81. The van der Waals surface area contributed by atoms with Crippen molar-refractivity contribution in [1.29, 1.82) is 0 Å². The summed E-state index contributed by atoms with van der Waals surface area (Å²) < 4.78 is 12.9. The van der Waals surface area contributed by atoms with E-state index in [4.69, 9.17) is 0 Å². The standard InChI is InChI=1S/C15H10FN5S2/c16-12-3-1-10(2-4-12)14-18-20-21(19-14)7-13-9-23-15(17-13)11-5-6-22-8-11/h1-6,8-9H,7H2. The maximum Gasteiger partial charge on any atom is 0.204 e. The third kappa shape index (κ3) is 3.03. The first-order chi connectivity index (χ1) is 11.3. The summed E-state index contributed by atoms with van der Waals surface area (Å²) in [5.74, 6) is 0.183. The van der Waals surface area contributed by atoms with Crippen LogP contribution in [-0.4, -0.2) is 25.2 Å². The molecule has 1 aromatic carbocycles. The molecule has 3 aromatic heterocycles. The number of tetrazole rings is 1. The Morgan fingerprint density at radius 2 is 1.91 bits per heavy atom. The normalized spacial score (nSPS) is 11.0. The lowest BCUT2D eigenvalue weighted by atomic mass is 10.2. The van der Waals surface area contributed by atoms with Crippen molar-refractivity contribution >= 4 is 22.7 Å².